The summed E-state index contributed by atoms with van der Waals surface area (Å²) in [7, 11) is 1.54. The van der Waals surface area contributed by atoms with Crippen LogP contribution >= 0.6 is 11.6 Å². The molecule has 1 aliphatic carbocycles. The van der Waals surface area contributed by atoms with Crippen LogP contribution in [0.25, 0.3) is 22.0 Å². The number of hydrogen-bond donors (Lipinski definition) is 2. The molecule has 146 valence electrons. The highest BCUT2D eigenvalue weighted by molar-refractivity contribution is 6.34. The van der Waals surface area contributed by atoms with Crippen LogP contribution in [0.2, 0.25) is 5.02 Å². The van der Waals surface area contributed by atoms with Crippen LogP contribution in [0, 0.1) is 22.7 Å². The number of aromatic amines is 1. The number of hydrogen-bond acceptors (Lipinski definition) is 5. The van der Waals surface area contributed by atoms with Crippen molar-refractivity contribution in [2.24, 2.45) is 11.3 Å². The molecule has 0 radical (unpaired) electrons. The third-order valence-corrected chi connectivity index (χ3v) is 6.33. The molecule has 0 bridgehead atoms. The summed E-state index contributed by atoms with van der Waals surface area (Å²) in [6.45, 7) is 1.50. The lowest BCUT2D eigenvalue weighted by molar-refractivity contribution is 0.0699. The molecular weight excluding hydrogens is 392 g/mol. The number of nitrogens with one attached hydrogen (secondary N) is 1. The van der Waals surface area contributed by atoms with Gasteiger partial charge >= 0.3 is 5.97 Å². The van der Waals surface area contributed by atoms with E-state index in [-0.39, 0.29) is 11.0 Å². The van der Waals surface area contributed by atoms with Crippen LogP contribution in [-0.2, 0) is 0 Å². The molecule has 2 N–H and O–H groups in total. The number of benzene rings is 1. The monoisotopic (exact) mass is 408 g/mol. The zero-order valence-electron chi connectivity index (χ0n) is 15.6. The molecule has 7 nitrogen and oxygen atoms in total. The van der Waals surface area contributed by atoms with E-state index in [1.54, 1.807) is 19.2 Å². The van der Waals surface area contributed by atoms with Crippen molar-refractivity contribution in [3.8, 4) is 23.1 Å². The summed E-state index contributed by atoms with van der Waals surface area (Å²) in [6, 6.07) is 9.67. The van der Waals surface area contributed by atoms with Gasteiger partial charge in [-0.3, -0.25) is 0 Å². The molecule has 8 heteroatoms. The van der Waals surface area contributed by atoms with Crippen molar-refractivity contribution in [3.63, 3.8) is 0 Å². The van der Waals surface area contributed by atoms with Gasteiger partial charge in [0.15, 0.2) is 0 Å². The fourth-order valence-corrected chi connectivity index (χ4v) is 4.59. The topological polar surface area (TPSA) is 102 Å². The first kappa shape index (κ1) is 17.8. The predicted molar refractivity (Wildman–Crippen MR) is 108 cm³/mol. The molecule has 5 rings (SSSR count). The highest BCUT2D eigenvalue weighted by Gasteiger charge is 2.61. The van der Waals surface area contributed by atoms with E-state index in [0.717, 1.165) is 18.8 Å². The lowest BCUT2D eigenvalue weighted by Gasteiger charge is -2.21. The Morgan fingerprint density at radius 1 is 1.45 bits per heavy atom. The van der Waals surface area contributed by atoms with E-state index in [0.29, 0.717) is 45.4 Å². The van der Waals surface area contributed by atoms with E-state index in [2.05, 4.69) is 20.9 Å². The number of nitriles is 1. The summed E-state index contributed by atoms with van der Waals surface area (Å²) in [5.74, 6) is 0.573. The molecule has 29 heavy (non-hydrogen) atoms. The number of anilines is 1. The number of nitrogens with zero attached hydrogens (tertiary/aromatic N) is 3. The summed E-state index contributed by atoms with van der Waals surface area (Å²) in [4.78, 5) is 21.2. The van der Waals surface area contributed by atoms with E-state index in [9.17, 15) is 15.2 Å². The van der Waals surface area contributed by atoms with Gasteiger partial charge in [-0.2, -0.15) is 10.2 Å². The molecule has 1 aliphatic heterocycles. The van der Waals surface area contributed by atoms with E-state index < -0.39 is 5.97 Å². The predicted octanol–water partition coefficient (Wildman–Crippen LogP) is 3.94. The standard InChI is InChI=1S/C21H17ClN4O3/c1-29-19-12(2-3-18(25-19)26-8-11-6-21(11,9-23)10-26)13-4-14-15(20(27)28)7-24-17(14)5-16(13)22/h2-5,7,11,24H,6,8,10H2,1H3,(H,27,28). The van der Waals surface area contributed by atoms with Gasteiger partial charge in [-0.1, -0.05) is 11.6 Å². The van der Waals surface area contributed by atoms with Gasteiger partial charge in [0.25, 0.3) is 0 Å². The third-order valence-electron chi connectivity index (χ3n) is 6.02. The number of carbonyl (C=O) groups is 1. The quantitative estimate of drug-likeness (QED) is 0.677. The van der Waals surface area contributed by atoms with Crippen LogP contribution in [0.1, 0.15) is 16.8 Å². The van der Waals surface area contributed by atoms with Crippen LogP contribution < -0.4 is 9.64 Å². The van der Waals surface area contributed by atoms with E-state index in [1.807, 2.05) is 12.1 Å². The highest BCUT2D eigenvalue weighted by atomic mass is 35.5. The van der Waals surface area contributed by atoms with Crippen molar-refractivity contribution in [2.75, 3.05) is 25.1 Å². The van der Waals surface area contributed by atoms with Crippen molar-refractivity contribution < 1.29 is 14.6 Å². The zero-order valence-corrected chi connectivity index (χ0v) is 16.3. The number of carboxylic acid groups (broad SMARTS) is 1. The van der Waals surface area contributed by atoms with Crippen LogP contribution in [0.15, 0.2) is 30.5 Å². The maximum atomic E-state index is 11.5. The summed E-state index contributed by atoms with van der Waals surface area (Å²) >= 11 is 6.49. The molecule has 1 aromatic carbocycles. The summed E-state index contributed by atoms with van der Waals surface area (Å²) in [5, 5.41) is 19.8. The molecule has 3 aromatic rings. The first-order valence-corrected chi connectivity index (χ1v) is 9.59. The van der Waals surface area contributed by atoms with E-state index in [1.165, 1.54) is 6.20 Å². The number of ether oxygens (including phenoxy) is 1. The molecule has 2 fully saturated rings. The van der Waals surface area contributed by atoms with Crippen molar-refractivity contribution in [1.82, 2.24) is 9.97 Å². The van der Waals surface area contributed by atoms with Gasteiger partial charge < -0.3 is 19.7 Å². The number of H-pyrrole nitrogens is 1. The summed E-state index contributed by atoms with van der Waals surface area (Å²) in [5.41, 5.74) is 1.94. The maximum Gasteiger partial charge on any atom is 0.337 e. The van der Waals surface area contributed by atoms with Gasteiger partial charge in [-0.05, 0) is 36.6 Å². The smallest absolute Gasteiger partial charge is 0.337 e. The number of halogens is 1. The van der Waals surface area contributed by atoms with Crippen molar-refractivity contribution in [2.45, 2.75) is 6.42 Å². The minimum absolute atomic E-state index is 0.180. The second kappa shape index (κ2) is 6.13. The lowest BCUT2D eigenvalue weighted by Crippen LogP contribution is -2.25. The average Bonchev–Trinajstić information content (AvgIpc) is 3.06. The van der Waals surface area contributed by atoms with Gasteiger partial charge in [0.2, 0.25) is 5.88 Å². The zero-order chi connectivity index (χ0) is 20.3. The SMILES string of the molecule is COc1nc(N2CC3CC3(C#N)C2)ccc1-c1cc2c(C(=O)O)c[nH]c2cc1Cl. The van der Waals surface area contributed by atoms with Crippen molar-refractivity contribution in [3.05, 3.63) is 41.0 Å². The molecule has 2 atom stereocenters. The molecule has 1 saturated heterocycles. The van der Waals surface area contributed by atoms with Gasteiger partial charge in [-0.25, -0.2) is 4.79 Å². The second-order valence-corrected chi connectivity index (χ2v) is 8.07. The first-order valence-electron chi connectivity index (χ1n) is 9.21. The summed E-state index contributed by atoms with van der Waals surface area (Å²) in [6.07, 6.45) is 2.42. The van der Waals surface area contributed by atoms with E-state index in [4.69, 9.17) is 16.3 Å². The minimum Gasteiger partial charge on any atom is -0.480 e. The Hall–Kier alpha value is -3.24. The fraction of sp³-hybridized carbons (Fsp3) is 0.286. The molecule has 2 unspecified atom stereocenters. The molecule has 1 saturated carbocycles. The number of carboxylic acids is 1. The molecule has 2 aliphatic rings. The fourth-order valence-electron chi connectivity index (χ4n) is 4.33. The van der Waals surface area contributed by atoms with Crippen LogP contribution in [0.3, 0.4) is 0 Å². The van der Waals surface area contributed by atoms with Crippen molar-refractivity contribution >= 4 is 34.3 Å². The molecule has 2 aromatic heterocycles. The summed E-state index contributed by atoms with van der Waals surface area (Å²) < 4.78 is 5.53. The number of piperidine rings is 1. The van der Waals surface area contributed by atoms with Gasteiger partial charge in [-0.15, -0.1) is 0 Å². The van der Waals surface area contributed by atoms with Gasteiger partial charge in [0, 0.05) is 41.3 Å². The second-order valence-electron chi connectivity index (χ2n) is 7.66. The van der Waals surface area contributed by atoms with Crippen LogP contribution in [0.5, 0.6) is 5.88 Å². The number of aromatic carboxylic acids is 1. The Morgan fingerprint density at radius 2 is 2.28 bits per heavy atom. The number of rotatable bonds is 4. The van der Waals surface area contributed by atoms with Crippen LogP contribution in [0.4, 0.5) is 5.82 Å². The largest absolute Gasteiger partial charge is 0.480 e. The number of pyridine rings is 1. The maximum absolute atomic E-state index is 11.5. The van der Waals surface area contributed by atoms with Gasteiger partial charge in [0.1, 0.15) is 5.82 Å². The molecule has 3 heterocycles. The number of fused-ring (bicyclic) bond motifs is 2. The Labute approximate surface area is 171 Å². The normalized spacial score (nSPS) is 22.4. The molecular formula is C21H17ClN4O3. The van der Waals surface area contributed by atoms with Crippen molar-refractivity contribution in [1.29, 1.82) is 5.26 Å². The number of aromatic nitrogens is 2. The number of methoxy groups -OCH3 is 1. The Balaban J connectivity index is 1.56. The molecule has 0 spiro atoms. The Kier molecular flexibility index (Phi) is 3.77. The average molecular weight is 409 g/mol. The highest BCUT2D eigenvalue weighted by Crippen LogP contribution is 2.57. The van der Waals surface area contributed by atoms with Crippen LogP contribution in [-0.4, -0.2) is 41.2 Å². The third kappa shape index (κ3) is 2.64. The van der Waals surface area contributed by atoms with E-state index >= 15 is 0 Å². The Morgan fingerprint density at radius 3 is 2.97 bits per heavy atom. The first-order chi connectivity index (χ1) is 14.0. The minimum atomic E-state index is -1.01. The lowest BCUT2D eigenvalue weighted by atomic mass is 10.0. The molecule has 0 amide bonds. The van der Waals surface area contributed by atoms with Gasteiger partial charge in [0.05, 0.1) is 29.2 Å². The Bertz CT molecular complexity index is 1210.